The molecule has 0 saturated carbocycles. The van der Waals surface area contributed by atoms with Crippen LogP contribution in [0.5, 0.6) is 17.2 Å². The van der Waals surface area contributed by atoms with Gasteiger partial charge in [0.05, 0.1) is 25.1 Å². The summed E-state index contributed by atoms with van der Waals surface area (Å²) in [6.07, 6.45) is -0.259. The molecule has 9 nitrogen and oxygen atoms in total. The van der Waals surface area contributed by atoms with Crippen molar-refractivity contribution >= 4 is 39.1 Å². The van der Waals surface area contributed by atoms with Crippen LogP contribution in [0.15, 0.2) is 36.4 Å². The maximum absolute atomic E-state index is 12.9. The van der Waals surface area contributed by atoms with Crippen LogP contribution in [0.2, 0.25) is 5.02 Å². The summed E-state index contributed by atoms with van der Waals surface area (Å²) in [6, 6.07) is 9.45. The van der Waals surface area contributed by atoms with Crippen molar-refractivity contribution in [1.82, 2.24) is 10.9 Å². The maximum atomic E-state index is 12.9. The number of methoxy groups -OCH3 is 1. The first-order valence-electron chi connectivity index (χ1n) is 9.43. The summed E-state index contributed by atoms with van der Waals surface area (Å²) in [5.41, 5.74) is 5.68. The van der Waals surface area contributed by atoms with Crippen LogP contribution in [-0.2, 0) is 21.2 Å². The normalized spacial score (nSPS) is 12.7. The van der Waals surface area contributed by atoms with Crippen molar-refractivity contribution in [2.45, 2.75) is 19.9 Å². The van der Waals surface area contributed by atoms with Gasteiger partial charge >= 0.3 is 6.03 Å². The largest absolute Gasteiger partial charge is 0.497 e. The van der Waals surface area contributed by atoms with Gasteiger partial charge in [-0.15, -0.1) is 0 Å². The minimum absolute atomic E-state index is 0.0534. The molecule has 31 heavy (non-hydrogen) atoms. The van der Waals surface area contributed by atoms with Crippen LogP contribution < -0.4 is 25.2 Å². The van der Waals surface area contributed by atoms with E-state index in [4.69, 9.17) is 21.1 Å². The van der Waals surface area contributed by atoms with E-state index >= 15 is 0 Å². The molecule has 11 heteroatoms. The summed E-state index contributed by atoms with van der Waals surface area (Å²) >= 11 is 6.12. The third-order valence-electron chi connectivity index (χ3n) is 4.67. The summed E-state index contributed by atoms with van der Waals surface area (Å²) in [5, 5.41) is 0.400. The molecule has 0 radical (unpaired) electrons. The third-order valence-corrected chi connectivity index (χ3v) is 6.61. The van der Waals surface area contributed by atoms with E-state index in [-0.39, 0.29) is 24.5 Å². The summed E-state index contributed by atoms with van der Waals surface area (Å²) in [7, 11) is -1.75. The zero-order chi connectivity index (χ0) is 22.6. The molecule has 2 aromatic rings. The fourth-order valence-corrected chi connectivity index (χ4v) is 3.83. The summed E-state index contributed by atoms with van der Waals surface area (Å²) < 4.78 is 34.3. The SMILES string of the molecule is CCS(=O)(=O)CCC(=O)NNC(=O)N1Cc2ccc(OC)cc2Oc2ccc(Cl)cc21. The molecule has 0 aliphatic carbocycles. The molecule has 0 fully saturated rings. The summed E-state index contributed by atoms with van der Waals surface area (Å²) in [4.78, 5) is 26.2. The highest BCUT2D eigenvalue weighted by atomic mass is 35.5. The molecule has 0 aromatic heterocycles. The van der Waals surface area contributed by atoms with E-state index < -0.39 is 21.8 Å². The van der Waals surface area contributed by atoms with Crippen LogP contribution in [0, 0.1) is 0 Å². The fraction of sp³-hybridized carbons (Fsp3) is 0.300. The summed E-state index contributed by atoms with van der Waals surface area (Å²) in [6.45, 7) is 1.64. The van der Waals surface area contributed by atoms with Gasteiger partial charge in [0.2, 0.25) is 5.91 Å². The molecule has 3 rings (SSSR count). The number of amides is 3. The molecule has 0 bridgehead atoms. The number of nitrogens with zero attached hydrogens (tertiary/aromatic N) is 1. The lowest BCUT2D eigenvalue weighted by molar-refractivity contribution is -0.121. The predicted octanol–water partition coefficient (Wildman–Crippen LogP) is 3.03. The van der Waals surface area contributed by atoms with Crippen molar-refractivity contribution in [2.75, 3.05) is 23.5 Å². The Balaban J connectivity index is 1.79. The standard InChI is InChI=1S/C20H22ClN3O6S/c1-3-31(27,28)9-8-19(25)22-23-20(26)24-12-13-4-6-15(29-2)11-18(13)30-17-7-5-14(21)10-16(17)24/h4-7,10-11H,3,8-9,12H2,1-2H3,(H,22,25)(H,23,26). The number of carbonyl (C=O) groups is 2. The number of hydrazine groups is 1. The van der Waals surface area contributed by atoms with E-state index in [1.165, 1.54) is 11.8 Å². The highest BCUT2D eigenvalue weighted by Gasteiger charge is 2.26. The van der Waals surface area contributed by atoms with Gasteiger partial charge in [-0.2, -0.15) is 0 Å². The van der Waals surface area contributed by atoms with Gasteiger partial charge < -0.3 is 9.47 Å². The highest BCUT2D eigenvalue weighted by Crippen LogP contribution is 2.41. The number of ether oxygens (including phenoxy) is 2. The maximum Gasteiger partial charge on any atom is 0.341 e. The van der Waals surface area contributed by atoms with Crippen molar-refractivity contribution in [1.29, 1.82) is 0 Å². The average Bonchev–Trinajstić information content (AvgIpc) is 2.92. The fourth-order valence-electron chi connectivity index (χ4n) is 2.88. The predicted molar refractivity (Wildman–Crippen MR) is 116 cm³/mol. The Hall–Kier alpha value is -2.98. The molecule has 0 spiro atoms. The molecule has 1 heterocycles. The molecule has 2 aromatic carbocycles. The van der Waals surface area contributed by atoms with E-state index in [9.17, 15) is 18.0 Å². The van der Waals surface area contributed by atoms with Gasteiger partial charge in [0.15, 0.2) is 15.6 Å². The molecule has 0 atom stereocenters. The third kappa shape index (κ3) is 5.59. The Bertz CT molecular complexity index is 1110. The van der Waals surface area contributed by atoms with Crippen LogP contribution in [0.4, 0.5) is 10.5 Å². The number of nitrogens with one attached hydrogen (secondary N) is 2. The van der Waals surface area contributed by atoms with Gasteiger partial charge in [-0.25, -0.2) is 18.6 Å². The second kappa shape index (κ2) is 9.44. The second-order valence-corrected chi connectivity index (χ2v) is 9.65. The van der Waals surface area contributed by atoms with Crippen LogP contribution in [0.25, 0.3) is 0 Å². The topological polar surface area (TPSA) is 114 Å². The zero-order valence-electron chi connectivity index (χ0n) is 17.0. The Morgan fingerprint density at radius 2 is 1.94 bits per heavy atom. The van der Waals surface area contributed by atoms with Gasteiger partial charge in [-0.3, -0.25) is 15.1 Å². The zero-order valence-corrected chi connectivity index (χ0v) is 18.5. The monoisotopic (exact) mass is 467 g/mol. The molecule has 166 valence electrons. The van der Waals surface area contributed by atoms with Crippen molar-refractivity contribution in [3.8, 4) is 17.2 Å². The first kappa shape index (κ1) is 22.7. The van der Waals surface area contributed by atoms with E-state index in [0.717, 1.165) is 0 Å². The smallest absolute Gasteiger partial charge is 0.341 e. The number of hydrogen-bond donors (Lipinski definition) is 2. The molecule has 3 amide bonds. The number of carbonyl (C=O) groups excluding carboxylic acids is 2. The van der Waals surface area contributed by atoms with Crippen molar-refractivity contribution < 1.29 is 27.5 Å². The van der Waals surface area contributed by atoms with Crippen LogP contribution >= 0.6 is 11.6 Å². The number of urea groups is 1. The molecule has 2 N–H and O–H groups in total. The number of fused-ring (bicyclic) bond motifs is 2. The van der Waals surface area contributed by atoms with Crippen LogP contribution in [0.1, 0.15) is 18.9 Å². The van der Waals surface area contributed by atoms with Gasteiger partial charge in [0.1, 0.15) is 11.5 Å². The lowest BCUT2D eigenvalue weighted by atomic mass is 10.2. The molecule has 1 aliphatic rings. The van der Waals surface area contributed by atoms with Crippen molar-refractivity contribution in [3.05, 3.63) is 47.0 Å². The molecule has 0 unspecified atom stereocenters. The average molecular weight is 468 g/mol. The lowest BCUT2D eigenvalue weighted by Gasteiger charge is -2.22. The molecular weight excluding hydrogens is 446 g/mol. The van der Waals surface area contributed by atoms with Crippen molar-refractivity contribution in [3.63, 3.8) is 0 Å². The number of rotatable bonds is 5. The van der Waals surface area contributed by atoms with Gasteiger partial charge in [0, 0.05) is 28.8 Å². The highest BCUT2D eigenvalue weighted by molar-refractivity contribution is 7.91. The van der Waals surface area contributed by atoms with Gasteiger partial charge in [-0.1, -0.05) is 18.5 Å². The number of hydrogen-bond acceptors (Lipinski definition) is 6. The van der Waals surface area contributed by atoms with Crippen LogP contribution in [-0.4, -0.2) is 39.0 Å². The quantitative estimate of drug-likeness (QED) is 0.653. The van der Waals surface area contributed by atoms with E-state index in [1.807, 2.05) is 0 Å². The Morgan fingerprint density at radius 3 is 2.65 bits per heavy atom. The Kier molecular flexibility index (Phi) is 6.91. The summed E-state index contributed by atoms with van der Waals surface area (Å²) in [5.74, 6) is 0.548. The lowest BCUT2D eigenvalue weighted by Crippen LogP contribution is -2.49. The van der Waals surface area contributed by atoms with Gasteiger partial charge in [-0.05, 0) is 30.3 Å². The first-order chi connectivity index (χ1) is 14.7. The number of benzene rings is 2. The van der Waals surface area contributed by atoms with Gasteiger partial charge in [0.25, 0.3) is 0 Å². The van der Waals surface area contributed by atoms with E-state index in [0.29, 0.717) is 33.5 Å². The van der Waals surface area contributed by atoms with Crippen molar-refractivity contribution in [2.24, 2.45) is 0 Å². The Labute approximate surface area is 185 Å². The molecule has 0 saturated heterocycles. The van der Waals surface area contributed by atoms with Crippen LogP contribution in [0.3, 0.4) is 0 Å². The molecular formula is C20H22ClN3O6S. The molecule has 1 aliphatic heterocycles. The first-order valence-corrected chi connectivity index (χ1v) is 11.6. The number of anilines is 1. The number of halogens is 1. The minimum Gasteiger partial charge on any atom is -0.497 e. The Morgan fingerprint density at radius 1 is 1.16 bits per heavy atom. The number of sulfone groups is 1. The van der Waals surface area contributed by atoms with E-state index in [1.54, 1.807) is 43.5 Å². The second-order valence-electron chi connectivity index (χ2n) is 6.74. The minimum atomic E-state index is -3.29. The van der Waals surface area contributed by atoms with E-state index in [2.05, 4.69) is 10.9 Å².